The van der Waals surface area contributed by atoms with Gasteiger partial charge in [0.05, 0.1) is 0 Å². The Kier molecular flexibility index (Phi) is 5.66. The van der Waals surface area contributed by atoms with Gasteiger partial charge in [0, 0.05) is 12.1 Å². The zero-order chi connectivity index (χ0) is 12.8. The first-order valence-corrected chi connectivity index (χ1v) is 6.66. The zero-order valence-electron chi connectivity index (χ0n) is 11.6. The third-order valence-electron chi connectivity index (χ3n) is 3.47. The molecule has 17 heavy (non-hydrogen) atoms. The minimum absolute atomic E-state index is 0.0992. The monoisotopic (exact) mass is 234 g/mol. The largest absolute Gasteiger partial charge is 0.323 e. The third kappa shape index (κ3) is 3.83. The zero-order valence-corrected chi connectivity index (χ0v) is 11.6. The van der Waals surface area contributed by atoms with Gasteiger partial charge in [0.2, 0.25) is 0 Å². The molecule has 0 aliphatic heterocycles. The van der Waals surface area contributed by atoms with E-state index in [2.05, 4.69) is 56.9 Å². The molecule has 1 aromatic rings. The molecule has 2 heteroatoms. The number of benzene rings is 1. The summed E-state index contributed by atoms with van der Waals surface area (Å²) in [5.74, 6) is 0. The van der Waals surface area contributed by atoms with Gasteiger partial charge in [-0.2, -0.15) is 0 Å². The minimum Gasteiger partial charge on any atom is -0.323 e. The lowest BCUT2D eigenvalue weighted by Gasteiger charge is -2.32. The quantitative estimate of drug-likeness (QED) is 0.819. The van der Waals surface area contributed by atoms with E-state index in [9.17, 15) is 0 Å². The van der Waals surface area contributed by atoms with Crippen LogP contribution in [0.25, 0.3) is 0 Å². The molecular formula is C15H26N2. The summed E-state index contributed by atoms with van der Waals surface area (Å²) in [6.45, 7) is 10.9. The van der Waals surface area contributed by atoms with Gasteiger partial charge < -0.3 is 5.73 Å². The first kappa shape index (κ1) is 14.2. The second-order valence-corrected chi connectivity index (χ2v) is 4.81. The van der Waals surface area contributed by atoms with Gasteiger partial charge in [-0.15, -0.1) is 0 Å². The molecule has 0 radical (unpaired) electrons. The van der Waals surface area contributed by atoms with Crippen molar-refractivity contribution in [2.75, 3.05) is 13.1 Å². The Morgan fingerprint density at radius 2 is 1.76 bits per heavy atom. The highest BCUT2D eigenvalue weighted by molar-refractivity contribution is 5.24. The van der Waals surface area contributed by atoms with Crippen molar-refractivity contribution in [3.8, 4) is 0 Å². The van der Waals surface area contributed by atoms with Crippen molar-refractivity contribution in [3.63, 3.8) is 0 Å². The minimum atomic E-state index is 0.0992. The fraction of sp³-hybridized carbons (Fsp3) is 0.600. The molecule has 0 fully saturated rings. The molecule has 2 N–H and O–H groups in total. The van der Waals surface area contributed by atoms with Crippen LogP contribution in [0.1, 0.15) is 44.4 Å². The average molecular weight is 234 g/mol. The summed E-state index contributed by atoms with van der Waals surface area (Å²) in [6, 6.07) is 9.06. The van der Waals surface area contributed by atoms with Crippen molar-refractivity contribution < 1.29 is 0 Å². The number of rotatable bonds is 6. The van der Waals surface area contributed by atoms with E-state index < -0.39 is 0 Å². The Morgan fingerprint density at radius 1 is 1.18 bits per heavy atom. The van der Waals surface area contributed by atoms with Crippen molar-refractivity contribution in [3.05, 3.63) is 35.4 Å². The lowest BCUT2D eigenvalue weighted by molar-refractivity contribution is 0.194. The second kappa shape index (κ2) is 6.77. The predicted molar refractivity (Wildman–Crippen MR) is 75.1 cm³/mol. The SMILES string of the molecule is CCCN(CC)C(C)C(N)c1ccc(C)cc1. The van der Waals surface area contributed by atoms with Crippen LogP contribution in [0.4, 0.5) is 0 Å². The van der Waals surface area contributed by atoms with Crippen molar-refractivity contribution in [2.45, 2.75) is 46.2 Å². The Bertz CT molecular complexity index is 318. The molecule has 2 unspecified atom stereocenters. The van der Waals surface area contributed by atoms with Crippen molar-refractivity contribution in [1.29, 1.82) is 0 Å². The molecule has 2 nitrogen and oxygen atoms in total. The molecule has 0 bridgehead atoms. The average Bonchev–Trinajstić information content (AvgIpc) is 2.35. The maximum absolute atomic E-state index is 6.35. The third-order valence-corrected chi connectivity index (χ3v) is 3.47. The maximum Gasteiger partial charge on any atom is 0.0450 e. The van der Waals surface area contributed by atoms with Crippen LogP contribution in [0, 0.1) is 6.92 Å². The summed E-state index contributed by atoms with van der Waals surface area (Å²) >= 11 is 0. The van der Waals surface area contributed by atoms with Crippen LogP contribution < -0.4 is 5.73 Å². The van der Waals surface area contributed by atoms with E-state index >= 15 is 0 Å². The van der Waals surface area contributed by atoms with Gasteiger partial charge >= 0.3 is 0 Å². The van der Waals surface area contributed by atoms with E-state index in [4.69, 9.17) is 5.73 Å². The van der Waals surface area contributed by atoms with Crippen LogP contribution in [0.3, 0.4) is 0 Å². The van der Waals surface area contributed by atoms with Crippen LogP contribution in [-0.4, -0.2) is 24.0 Å². The first-order valence-electron chi connectivity index (χ1n) is 6.66. The Morgan fingerprint density at radius 3 is 2.24 bits per heavy atom. The molecule has 2 atom stereocenters. The Balaban J connectivity index is 2.73. The van der Waals surface area contributed by atoms with Gasteiger partial charge in [0.15, 0.2) is 0 Å². The summed E-state index contributed by atoms with van der Waals surface area (Å²) in [7, 11) is 0. The summed E-state index contributed by atoms with van der Waals surface area (Å²) in [5.41, 5.74) is 8.87. The van der Waals surface area contributed by atoms with Gasteiger partial charge in [-0.1, -0.05) is 43.7 Å². The molecule has 96 valence electrons. The fourth-order valence-electron chi connectivity index (χ4n) is 2.23. The van der Waals surface area contributed by atoms with Gasteiger partial charge in [-0.05, 0) is 38.9 Å². The van der Waals surface area contributed by atoms with E-state index in [0.717, 1.165) is 13.1 Å². The lowest BCUT2D eigenvalue weighted by atomic mass is 9.99. The van der Waals surface area contributed by atoms with Gasteiger partial charge in [0.25, 0.3) is 0 Å². The highest BCUT2D eigenvalue weighted by atomic mass is 15.2. The number of likely N-dealkylation sites (N-methyl/N-ethyl adjacent to an activating group) is 1. The first-order chi connectivity index (χ1) is 8.10. The summed E-state index contributed by atoms with van der Waals surface area (Å²) in [6.07, 6.45) is 1.18. The number of hydrogen-bond donors (Lipinski definition) is 1. The fourth-order valence-corrected chi connectivity index (χ4v) is 2.23. The smallest absolute Gasteiger partial charge is 0.0450 e. The molecule has 0 spiro atoms. The standard InChI is InChI=1S/C15H26N2/c1-5-11-17(6-2)13(4)15(16)14-9-7-12(3)8-10-14/h7-10,13,15H,5-6,11,16H2,1-4H3. The van der Waals surface area contributed by atoms with Gasteiger partial charge in [0.1, 0.15) is 0 Å². The molecular weight excluding hydrogens is 208 g/mol. The van der Waals surface area contributed by atoms with Crippen LogP contribution >= 0.6 is 0 Å². The maximum atomic E-state index is 6.35. The second-order valence-electron chi connectivity index (χ2n) is 4.81. The Labute approximate surface area is 106 Å². The number of hydrogen-bond acceptors (Lipinski definition) is 2. The van der Waals surface area contributed by atoms with E-state index in [1.54, 1.807) is 0 Å². The van der Waals surface area contributed by atoms with Gasteiger partial charge in [-0.25, -0.2) is 0 Å². The molecule has 0 aliphatic rings. The highest BCUT2D eigenvalue weighted by Gasteiger charge is 2.19. The van der Waals surface area contributed by atoms with E-state index in [1.807, 2.05) is 0 Å². The number of nitrogens with two attached hydrogens (primary N) is 1. The van der Waals surface area contributed by atoms with Crippen molar-refractivity contribution in [1.82, 2.24) is 4.90 Å². The van der Waals surface area contributed by atoms with Crippen LogP contribution in [0.2, 0.25) is 0 Å². The number of nitrogens with zero attached hydrogens (tertiary/aromatic N) is 1. The molecule has 0 aromatic heterocycles. The van der Waals surface area contributed by atoms with Crippen molar-refractivity contribution >= 4 is 0 Å². The molecule has 0 amide bonds. The van der Waals surface area contributed by atoms with Crippen LogP contribution in [0.5, 0.6) is 0 Å². The Hall–Kier alpha value is -0.860. The number of aryl methyl sites for hydroxylation is 1. The topological polar surface area (TPSA) is 29.3 Å². The molecule has 0 saturated heterocycles. The molecule has 1 aromatic carbocycles. The molecule has 0 saturated carbocycles. The summed E-state index contributed by atoms with van der Waals surface area (Å²) < 4.78 is 0. The van der Waals surface area contributed by atoms with E-state index in [-0.39, 0.29) is 6.04 Å². The van der Waals surface area contributed by atoms with Gasteiger partial charge in [-0.3, -0.25) is 4.90 Å². The summed E-state index contributed by atoms with van der Waals surface area (Å²) in [5, 5.41) is 0. The predicted octanol–water partition coefficient (Wildman–Crippen LogP) is 3.12. The van der Waals surface area contributed by atoms with E-state index in [1.165, 1.54) is 17.5 Å². The normalized spacial score (nSPS) is 14.9. The molecule has 1 rings (SSSR count). The van der Waals surface area contributed by atoms with Crippen molar-refractivity contribution in [2.24, 2.45) is 5.73 Å². The molecule has 0 aliphatic carbocycles. The van der Waals surface area contributed by atoms with Crippen LogP contribution in [0.15, 0.2) is 24.3 Å². The van der Waals surface area contributed by atoms with Crippen LogP contribution in [-0.2, 0) is 0 Å². The molecule has 0 heterocycles. The summed E-state index contributed by atoms with van der Waals surface area (Å²) in [4.78, 5) is 2.45. The van der Waals surface area contributed by atoms with E-state index in [0.29, 0.717) is 6.04 Å². The highest BCUT2D eigenvalue weighted by Crippen LogP contribution is 2.19. The lowest BCUT2D eigenvalue weighted by Crippen LogP contribution is -2.41.